The molecule has 0 bridgehead atoms. The Bertz CT molecular complexity index is 1630. The summed E-state index contributed by atoms with van der Waals surface area (Å²) < 4.78 is 107. The Hall–Kier alpha value is -4.60. The molecule has 9 nitrogen and oxygen atoms in total. The maximum Gasteiger partial charge on any atom is 0.461 e. The van der Waals surface area contributed by atoms with Gasteiger partial charge in [-0.25, -0.2) is 9.18 Å². The predicted molar refractivity (Wildman–Crippen MR) is 168 cm³/mol. The SMILES string of the molecule is CC(C)(C)OC(=O)CCCNC(=O)C(F)(F)CNC(=O)NC(Cc1ccccc1)(c1cc(F)cc(OC(F)(F)C(F)F)c1)c1ccc(Cl)cn1. The third-order valence-electron chi connectivity index (χ3n) is 6.74. The van der Waals surface area contributed by atoms with Crippen molar-refractivity contribution in [3.8, 4) is 5.75 Å². The van der Waals surface area contributed by atoms with Gasteiger partial charge in [0.1, 0.15) is 22.7 Å². The van der Waals surface area contributed by atoms with Gasteiger partial charge in [-0.05, 0) is 62.6 Å². The molecule has 17 heteroatoms. The van der Waals surface area contributed by atoms with E-state index in [-0.39, 0.29) is 42.1 Å². The Labute approximate surface area is 287 Å². The Balaban J connectivity index is 1.92. The number of esters is 1. The summed E-state index contributed by atoms with van der Waals surface area (Å²) in [6, 6.07) is 11.2. The van der Waals surface area contributed by atoms with Gasteiger partial charge in [-0.2, -0.15) is 26.3 Å². The van der Waals surface area contributed by atoms with E-state index in [1.54, 1.807) is 51.1 Å². The Morgan fingerprint density at radius 2 is 1.62 bits per heavy atom. The fourth-order valence-corrected chi connectivity index (χ4v) is 4.70. The van der Waals surface area contributed by atoms with Crippen molar-refractivity contribution in [2.75, 3.05) is 13.1 Å². The topological polar surface area (TPSA) is 119 Å². The molecular weight excluding hydrogens is 701 g/mol. The van der Waals surface area contributed by atoms with Crippen LogP contribution in [0.3, 0.4) is 0 Å². The summed E-state index contributed by atoms with van der Waals surface area (Å²) >= 11 is 6.00. The van der Waals surface area contributed by atoms with E-state index in [0.29, 0.717) is 11.6 Å². The van der Waals surface area contributed by atoms with Crippen LogP contribution in [-0.2, 0) is 26.3 Å². The Morgan fingerprint density at radius 3 is 2.22 bits per heavy atom. The van der Waals surface area contributed by atoms with Crippen LogP contribution in [0, 0.1) is 5.82 Å². The maximum absolute atomic E-state index is 15.0. The van der Waals surface area contributed by atoms with E-state index in [1.807, 2.05) is 10.6 Å². The molecule has 0 aliphatic heterocycles. The van der Waals surface area contributed by atoms with Crippen LogP contribution in [0.25, 0.3) is 0 Å². The summed E-state index contributed by atoms with van der Waals surface area (Å²) in [5.41, 5.74) is -2.86. The number of pyridine rings is 1. The number of nitrogens with one attached hydrogen (secondary N) is 3. The minimum Gasteiger partial charge on any atom is -0.460 e. The molecule has 1 unspecified atom stereocenters. The van der Waals surface area contributed by atoms with Crippen molar-refractivity contribution in [1.82, 2.24) is 20.9 Å². The minimum atomic E-state index is -5.03. The van der Waals surface area contributed by atoms with Gasteiger partial charge in [0.2, 0.25) is 0 Å². The van der Waals surface area contributed by atoms with Crippen LogP contribution in [0.15, 0.2) is 66.9 Å². The van der Waals surface area contributed by atoms with Gasteiger partial charge in [-0.3, -0.25) is 14.6 Å². The first kappa shape index (κ1) is 39.8. The molecule has 0 aliphatic carbocycles. The number of hydrogen-bond acceptors (Lipinski definition) is 6. The number of hydrogen-bond donors (Lipinski definition) is 3. The van der Waals surface area contributed by atoms with Crippen LogP contribution in [0.1, 0.15) is 50.4 Å². The van der Waals surface area contributed by atoms with E-state index in [1.165, 1.54) is 12.1 Å². The first-order valence-electron chi connectivity index (χ1n) is 15.0. The largest absolute Gasteiger partial charge is 0.461 e. The fourth-order valence-electron chi connectivity index (χ4n) is 4.59. The zero-order valence-electron chi connectivity index (χ0n) is 27.0. The lowest BCUT2D eigenvalue weighted by atomic mass is 9.80. The molecule has 1 heterocycles. The van der Waals surface area contributed by atoms with Crippen LogP contribution in [0.4, 0.5) is 35.5 Å². The molecule has 272 valence electrons. The normalized spacial score (nSPS) is 13.3. The number of nitrogens with zero attached hydrogens (tertiary/aromatic N) is 1. The minimum absolute atomic E-state index is 0.0106. The number of aromatic nitrogens is 1. The van der Waals surface area contributed by atoms with Gasteiger partial charge in [0.25, 0.3) is 5.91 Å². The first-order chi connectivity index (χ1) is 23.2. The van der Waals surface area contributed by atoms with Gasteiger partial charge in [0, 0.05) is 31.6 Å². The molecule has 0 saturated heterocycles. The number of carbonyl (C=O) groups is 3. The van der Waals surface area contributed by atoms with Gasteiger partial charge >= 0.3 is 30.5 Å². The molecule has 0 spiro atoms. The lowest BCUT2D eigenvalue weighted by molar-refractivity contribution is -0.253. The van der Waals surface area contributed by atoms with Crippen LogP contribution in [0.5, 0.6) is 5.75 Å². The van der Waals surface area contributed by atoms with Crippen molar-refractivity contribution in [2.24, 2.45) is 0 Å². The van der Waals surface area contributed by atoms with Gasteiger partial charge in [-0.15, -0.1) is 0 Å². The highest BCUT2D eigenvalue weighted by Gasteiger charge is 2.45. The number of benzene rings is 2. The van der Waals surface area contributed by atoms with E-state index in [9.17, 15) is 45.1 Å². The number of rotatable bonds is 15. The molecule has 1 aromatic heterocycles. The van der Waals surface area contributed by atoms with Crippen molar-refractivity contribution in [3.05, 3.63) is 94.5 Å². The number of alkyl halides is 6. The van der Waals surface area contributed by atoms with Crippen LogP contribution < -0.4 is 20.7 Å². The van der Waals surface area contributed by atoms with Crippen molar-refractivity contribution in [3.63, 3.8) is 0 Å². The van der Waals surface area contributed by atoms with E-state index >= 15 is 0 Å². The lowest BCUT2D eigenvalue weighted by Crippen LogP contribution is -2.55. The highest BCUT2D eigenvalue weighted by molar-refractivity contribution is 6.30. The quantitative estimate of drug-likeness (QED) is 0.0902. The molecule has 2 aromatic carbocycles. The standard InChI is InChI=1S/C33H34ClF7N4O5/c1-30(2,3)50-26(46)10-7-13-42-28(47)32(38,39)19-44-29(48)45-31(17-20-8-5-4-6-9-20,25-12-11-22(34)18-43-25)21-14-23(35)16-24(15-21)49-33(40,41)27(36)37/h4-6,8-9,11-12,14-16,18,27H,7,10,13,17,19H2,1-3H3,(H,42,47)(H2,44,45,48). The third-order valence-corrected chi connectivity index (χ3v) is 6.97. The van der Waals surface area contributed by atoms with E-state index in [4.69, 9.17) is 16.3 Å². The molecule has 0 saturated carbocycles. The second-order valence-electron chi connectivity index (χ2n) is 12.0. The highest BCUT2D eigenvalue weighted by atomic mass is 35.5. The van der Waals surface area contributed by atoms with Gasteiger partial charge in [-0.1, -0.05) is 41.9 Å². The average molecular weight is 735 g/mol. The number of ether oxygens (including phenoxy) is 2. The van der Waals surface area contributed by atoms with Crippen molar-refractivity contribution >= 4 is 29.5 Å². The summed E-state index contributed by atoms with van der Waals surface area (Å²) in [6.45, 7) is 3.10. The molecule has 3 amide bonds. The number of carbonyl (C=O) groups excluding carboxylic acids is 3. The smallest absolute Gasteiger partial charge is 0.460 e. The Morgan fingerprint density at radius 1 is 0.940 bits per heavy atom. The zero-order valence-corrected chi connectivity index (χ0v) is 27.7. The number of amides is 3. The lowest BCUT2D eigenvalue weighted by Gasteiger charge is -2.36. The molecule has 0 radical (unpaired) electrons. The van der Waals surface area contributed by atoms with Gasteiger partial charge in [0.15, 0.2) is 0 Å². The van der Waals surface area contributed by atoms with Crippen molar-refractivity contribution in [2.45, 2.75) is 69.6 Å². The predicted octanol–water partition coefficient (Wildman–Crippen LogP) is 6.77. The summed E-state index contributed by atoms with van der Waals surface area (Å²) in [4.78, 5) is 41.6. The van der Waals surface area contributed by atoms with Crippen LogP contribution in [0.2, 0.25) is 5.02 Å². The van der Waals surface area contributed by atoms with E-state index in [2.05, 4.69) is 15.0 Å². The van der Waals surface area contributed by atoms with Crippen molar-refractivity contribution < 1.29 is 54.6 Å². The summed E-state index contributed by atoms with van der Waals surface area (Å²) in [7, 11) is 0. The maximum atomic E-state index is 15.0. The summed E-state index contributed by atoms with van der Waals surface area (Å²) in [5, 5.41) is 6.41. The molecule has 3 N–H and O–H groups in total. The van der Waals surface area contributed by atoms with Crippen LogP contribution in [-0.4, -0.2) is 60.0 Å². The van der Waals surface area contributed by atoms with Crippen LogP contribution >= 0.6 is 11.6 Å². The van der Waals surface area contributed by atoms with E-state index in [0.717, 1.165) is 18.3 Å². The molecule has 3 aromatic rings. The van der Waals surface area contributed by atoms with E-state index < -0.39 is 65.6 Å². The fraction of sp³-hybridized carbons (Fsp3) is 0.394. The summed E-state index contributed by atoms with van der Waals surface area (Å²) in [6.07, 6.45) is -8.66. The average Bonchev–Trinajstić information content (AvgIpc) is 3.01. The summed E-state index contributed by atoms with van der Waals surface area (Å²) in [5.74, 6) is -8.81. The Kier molecular flexibility index (Phi) is 13.1. The molecular formula is C33H34ClF7N4O5. The second-order valence-corrected chi connectivity index (χ2v) is 12.5. The third kappa shape index (κ3) is 11.5. The monoisotopic (exact) mass is 734 g/mol. The van der Waals surface area contributed by atoms with Gasteiger partial charge in [0.05, 0.1) is 17.3 Å². The number of halogens is 8. The van der Waals surface area contributed by atoms with Gasteiger partial charge < -0.3 is 25.4 Å². The molecule has 1 atom stereocenters. The molecule has 50 heavy (non-hydrogen) atoms. The zero-order chi connectivity index (χ0) is 37.3. The first-order valence-corrected chi connectivity index (χ1v) is 15.4. The highest BCUT2D eigenvalue weighted by Crippen LogP contribution is 2.37. The second kappa shape index (κ2) is 16.4. The van der Waals surface area contributed by atoms with Crippen molar-refractivity contribution in [1.29, 1.82) is 0 Å². The molecule has 0 aliphatic rings. The number of urea groups is 1. The molecule has 0 fully saturated rings. The molecule has 3 rings (SSSR count).